The van der Waals surface area contributed by atoms with E-state index in [1.54, 1.807) is 24.4 Å². The lowest BCUT2D eigenvalue weighted by atomic mass is 10.0. The number of piperidine rings is 1. The van der Waals surface area contributed by atoms with Crippen molar-refractivity contribution in [1.82, 2.24) is 14.9 Å². The zero-order chi connectivity index (χ0) is 22.7. The third-order valence-electron chi connectivity index (χ3n) is 5.58. The van der Waals surface area contributed by atoms with Gasteiger partial charge in [-0.15, -0.1) is 0 Å². The fourth-order valence-electron chi connectivity index (χ4n) is 3.77. The summed E-state index contributed by atoms with van der Waals surface area (Å²) in [6.07, 6.45) is 4.00. The largest absolute Gasteiger partial charge is 0.482 e. The Morgan fingerprint density at radius 3 is 2.69 bits per heavy atom. The van der Waals surface area contributed by atoms with E-state index in [1.165, 1.54) is 0 Å². The number of anilines is 2. The summed E-state index contributed by atoms with van der Waals surface area (Å²) in [5.74, 6) is 0.858. The summed E-state index contributed by atoms with van der Waals surface area (Å²) in [5.41, 5.74) is 1.49. The van der Waals surface area contributed by atoms with Gasteiger partial charge in [0.1, 0.15) is 5.75 Å². The van der Waals surface area contributed by atoms with E-state index in [-0.39, 0.29) is 12.5 Å². The molecule has 1 N–H and O–H groups in total. The second kappa shape index (κ2) is 9.90. The van der Waals surface area contributed by atoms with E-state index < -0.39 is 0 Å². The van der Waals surface area contributed by atoms with Crippen LogP contribution in [0, 0.1) is 0 Å². The van der Waals surface area contributed by atoms with Crippen LogP contribution in [-0.2, 0) is 4.79 Å². The summed E-state index contributed by atoms with van der Waals surface area (Å²) in [7, 11) is 4.25. The van der Waals surface area contributed by atoms with E-state index in [9.17, 15) is 4.79 Å². The van der Waals surface area contributed by atoms with Crippen LogP contribution in [0.1, 0.15) is 12.8 Å². The lowest BCUT2D eigenvalue weighted by Gasteiger charge is -2.35. The summed E-state index contributed by atoms with van der Waals surface area (Å²) < 4.78 is 5.48. The number of hydrogen-bond acceptors (Lipinski definition) is 6. The van der Waals surface area contributed by atoms with Gasteiger partial charge in [0.05, 0.1) is 10.5 Å². The smallest absolute Gasteiger partial charge is 0.262 e. The fraction of sp³-hybridized carbons (Fsp3) is 0.348. The molecule has 1 saturated heterocycles. The maximum atomic E-state index is 12.3. The average molecular weight is 474 g/mol. The van der Waals surface area contributed by atoms with Gasteiger partial charge in [-0.2, -0.15) is 0 Å². The number of ether oxygens (including phenoxy) is 1. The Kier molecular flexibility index (Phi) is 6.98. The molecule has 7 nitrogen and oxygen atoms in total. The van der Waals surface area contributed by atoms with Crippen molar-refractivity contribution in [3.63, 3.8) is 0 Å². The van der Waals surface area contributed by atoms with Crippen molar-refractivity contribution in [3.05, 3.63) is 52.6 Å². The van der Waals surface area contributed by atoms with E-state index in [4.69, 9.17) is 32.9 Å². The first-order valence-corrected chi connectivity index (χ1v) is 11.2. The molecule has 1 fully saturated rings. The number of halogens is 2. The molecule has 2 aromatic carbocycles. The quantitative estimate of drug-likeness (QED) is 0.568. The van der Waals surface area contributed by atoms with Gasteiger partial charge in [0.15, 0.2) is 6.61 Å². The molecule has 4 rings (SSSR count). The van der Waals surface area contributed by atoms with Crippen LogP contribution in [0.3, 0.4) is 0 Å². The SMILES string of the molecule is CN(C)C1CCN(c2ncc3cc(NC(=O)COc4ccc(Cl)cc4Cl)ccc3n2)CC1. The van der Waals surface area contributed by atoms with Crippen LogP contribution in [0.25, 0.3) is 10.9 Å². The first-order chi connectivity index (χ1) is 15.4. The molecule has 32 heavy (non-hydrogen) atoms. The van der Waals surface area contributed by atoms with Crippen LogP contribution in [0.15, 0.2) is 42.6 Å². The number of carbonyl (C=O) groups excluding carboxylic acids is 1. The third kappa shape index (κ3) is 5.41. The first-order valence-electron chi connectivity index (χ1n) is 10.4. The van der Waals surface area contributed by atoms with Gasteiger partial charge in [0.2, 0.25) is 5.95 Å². The Morgan fingerprint density at radius 2 is 1.97 bits per heavy atom. The van der Waals surface area contributed by atoms with Crippen molar-refractivity contribution >= 4 is 51.6 Å². The van der Waals surface area contributed by atoms with E-state index in [0.717, 1.165) is 42.8 Å². The van der Waals surface area contributed by atoms with E-state index in [1.807, 2.05) is 18.2 Å². The number of nitrogens with one attached hydrogen (secondary N) is 1. The van der Waals surface area contributed by atoms with Crippen molar-refractivity contribution in [2.45, 2.75) is 18.9 Å². The molecule has 2 heterocycles. The number of hydrogen-bond donors (Lipinski definition) is 1. The summed E-state index contributed by atoms with van der Waals surface area (Å²) in [4.78, 5) is 26.1. The number of carbonyl (C=O) groups is 1. The molecule has 168 valence electrons. The maximum Gasteiger partial charge on any atom is 0.262 e. The Hall–Kier alpha value is -2.61. The van der Waals surface area contributed by atoms with Crippen LogP contribution in [-0.4, -0.2) is 60.6 Å². The molecule has 1 aliphatic rings. The number of fused-ring (bicyclic) bond motifs is 1. The highest BCUT2D eigenvalue weighted by atomic mass is 35.5. The second-order valence-corrected chi connectivity index (χ2v) is 8.88. The van der Waals surface area contributed by atoms with Gasteiger partial charge in [-0.1, -0.05) is 23.2 Å². The Labute approximate surface area is 197 Å². The predicted octanol–water partition coefficient (Wildman–Crippen LogP) is 4.48. The fourth-order valence-corrected chi connectivity index (χ4v) is 4.23. The van der Waals surface area contributed by atoms with Gasteiger partial charge in [0, 0.05) is 41.4 Å². The summed E-state index contributed by atoms with van der Waals surface area (Å²) in [6, 6.07) is 11.0. The minimum absolute atomic E-state index is 0.169. The van der Waals surface area contributed by atoms with E-state index in [0.29, 0.717) is 27.5 Å². The van der Waals surface area contributed by atoms with Gasteiger partial charge in [-0.25, -0.2) is 9.97 Å². The number of rotatable bonds is 6. The summed E-state index contributed by atoms with van der Waals surface area (Å²) >= 11 is 11.9. The standard InChI is InChI=1S/C23H25Cl2N5O2/c1-29(2)18-7-9-30(10-8-18)23-26-13-15-11-17(4-5-20(15)28-23)27-22(31)14-32-21-6-3-16(24)12-19(21)25/h3-6,11-13,18H,7-10,14H2,1-2H3,(H,27,31). The molecule has 0 spiro atoms. The van der Waals surface area contributed by atoms with E-state index in [2.05, 4.69) is 34.2 Å². The van der Waals surface area contributed by atoms with Gasteiger partial charge in [-0.3, -0.25) is 4.79 Å². The van der Waals surface area contributed by atoms with Crippen LogP contribution >= 0.6 is 23.2 Å². The van der Waals surface area contributed by atoms with Crippen LogP contribution < -0.4 is 15.0 Å². The lowest BCUT2D eigenvalue weighted by molar-refractivity contribution is -0.118. The molecular formula is C23H25Cl2N5O2. The molecule has 0 radical (unpaired) electrons. The van der Waals surface area contributed by atoms with Crippen LogP contribution in [0.2, 0.25) is 10.0 Å². The maximum absolute atomic E-state index is 12.3. The van der Waals surface area contributed by atoms with Crippen molar-refractivity contribution in [1.29, 1.82) is 0 Å². The normalized spacial score (nSPS) is 14.7. The van der Waals surface area contributed by atoms with Gasteiger partial charge in [-0.05, 0) is 63.3 Å². The van der Waals surface area contributed by atoms with Crippen molar-refractivity contribution in [3.8, 4) is 5.75 Å². The van der Waals surface area contributed by atoms with Crippen LogP contribution in [0.4, 0.5) is 11.6 Å². The van der Waals surface area contributed by atoms with Gasteiger partial charge in [0.25, 0.3) is 5.91 Å². The Balaban J connectivity index is 1.37. The summed E-state index contributed by atoms with van der Waals surface area (Å²) in [5, 5.41) is 4.54. The van der Waals surface area contributed by atoms with Crippen molar-refractivity contribution < 1.29 is 9.53 Å². The zero-order valence-electron chi connectivity index (χ0n) is 18.0. The second-order valence-electron chi connectivity index (χ2n) is 8.04. The highest BCUT2D eigenvalue weighted by molar-refractivity contribution is 6.35. The summed E-state index contributed by atoms with van der Waals surface area (Å²) in [6.45, 7) is 1.72. The highest BCUT2D eigenvalue weighted by Crippen LogP contribution is 2.27. The Morgan fingerprint density at radius 1 is 1.19 bits per heavy atom. The predicted molar refractivity (Wildman–Crippen MR) is 129 cm³/mol. The number of nitrogens with zero attached hydrogens (tertiary/aromatic N) is 4. The molecule has 1 aliphatic heterocycles. The van der Waals surface area contributed by atoms with Crippen LogP contribution in [0.5, 0.6) is 5.75 Å². The Bertz CT molecular complexity index is 1120. The topological polar surface area (TPSA) is 70.6 Å². The molecule has 1 amide bonds. The highest BCUT2D eigenvalue weighted by Gasteiger charge is 2.22. The van der Waals surface area contributed by atoms with Crippen molar-refractivity contribution in [2.75, 3.05) is 44.0 Å². The van der Waals surface area contributed by atoms with Gasteiger partial charge < -0.3 is 19.9 Å². The number of amides is 1. The monoisotopic (exact) mass is 473 g/mol. The molecule has 0 atom stereocenters. The molecule has 3 aromatic rings. The van der Waals surface area contributed by atoms with Crippen molar-refractivity contribution in [2.24, 2.45) is 0 Å². The van der Waals surface area contributed by atoms with E-state index >= 15 is 0 Å². The number of benzene rings is 2. The molecule has 0 unspecified atom stereocenters. The molecule has 0 bridgehead atoms. The lowest BCUT2D eigenvalue weighted by Crippen LogP contribution is -2.42. The average Bonchev–Trinajstić information content (AvgIpc) is 2.78. The molecule has 9 heteroatoms. The number of aromatic nitrogens is 2. The third-order valence-corrected chi connectivity index (χ3v) is 6.11. The molecule has 1 aromatic heterocycles. The molecule has 0 aliphatic carbocycles. The molecule has 0 saturated carbocycles. The minimum Gasteiger partial charge on any atom is -0.482 e. The zero-order valence-corrected chi connectivity index (χ0v) is 19.5. The van der Waals surface area contributed by atoms with Gasteiger partial charge >= 0.3 is 0 Å². The molecular weight excluding hydrogens is 449 g/mol. The first kappa shape index (κ1) is 22.6. The minimum atomic E-state index is -0.295.